The van der Waals surface area contributed by atoms with Crippen LogP contribution >= 0.6 is 0 Å². The van der Waals surface area contributed by atoms with Gasteiger partial charge in [-0.3, -0.25) is 4.79 Å². The summed E-state index contributed by atoms with van der Waals surface area (Å²) in [6.45, 7) is 4.22. The molecule has 0 bridgehead atoms. The third-order valence-corrected chi connectivity index (χ3v) is 3.77. The fourth-order valence-corrected chi connectivity index (χ4v) is 2.49. The number of methoxy groups -OCH3 is 1. The molecule has 3 nitrogen and oxygen atoms in total. The van der Waals surface area contributed by atoms with E-state index >= 15 is 0 Å². The number of hydrogen-bond acceptors (Lipinski definition) is 2. The number of nitrogens with one attached hydrogen (secondary N) is 1. The molecule has 1 saturated heterocycles. The number of hydrogen-bond donors (Lipinski definition) is 1. The number of amides is 1. The molecule has 92 valence electrons. The second kappa shape index (κ2) is 4.40. The third-order valence-electron chi connectivity index (χ3n) is 3.77. The molecule has 1 aliphatic heterocycles. The molecule has 1 aromatic rings. The number of para-hydroxylation sites is 1. The normalized spacial score (nSPS) is 27.9. The molecule has 0 radical (unpaired) electrons. The van der Waals surface area contributed by atoms with E-state index in [1.54, 1.807) is 7.11 Å². The number of carbonyl (C=O) groups excluding carboxylic acids is 1. The van der Waals surface area contributed by atoms with Crippen molar-refractivity contribution in [1.82, 2.24) is 5.32 Å². The third kappa shape index (κ3) is 2.28. The van der Waals surface area contributed by atoms with E-state index in [0.717, 1.165) is 12.2 Å². The SMILES string of the molecule is COc1ccccc1CC1(C)CC(=O)NC1C. The lowest BCUT2D eigenvalue weighted by atomic mass is 9.77. The maximum atomic E-state index is 11.5. The number of ether oxygens (including phenoxy) is 1. The first kappa shape index (κ1) is 12.0. The summed E-state index contributed by atoms with van der Waals surface area (Å²) in [6.07, 6.45) is 1.45. The Balaban J connectivity index is 2.23. The molecule has 1 aliphatic rings. The van der Waals surface area contributed by atoms with Crippen LogP contribution in [0, 0.1) is 5.41 Å². The zero-order valence-corrected chi connectivity index (χ0v) is 10.6. The minimum absolute atomic E-state index is 0.0221. The Morgan fingerprint density at radius 3 is 2.76 bits per heavy atom. The molecule has 0 spiro atoms. The van der Waals surface area contributed by atoms with Crippen molar-refractivity contribution in [3.8, 4) is 5.75 Å². The minimum atomic E-state index is -0.0221. The van der Waals surface area contributed by atoms with Crippen molar-refractivity contribution < 1.29 is 9.53 Å². The molecule has 1 fully saturated rings. The summed E-state index contributed by atoms with van der Waals surface area (Å²) >= 11 is 0. The van der Waals surface area contributed by atoms with E-state index < -0.39 is 0 Å². The van der Waals surface area contributed by atoms with Crippen LogP contribution in [0.2, 0.25) is 0 Å². The van der Waals surface area contributed by atoms with Crippen LogP contribution in [-0.4, -0.2) is 19.1 Å². The van der Waals surface area contributed by atoms with Gasteiger partial charge in [-0.15, -0.1) is 0 Å². The van der Waals surface area contributed by atoms with Crippen molar-refractivity contribution in [2.24, 2.45) is 5.41 Å². The fraction of sp³-hybridized carbons (Fsp3) is 0.500. The Morgan fingerprint density at radius 2 is 2.18 bits per heavy atom. The average Bonchev–Trinajstić information content (AvgIpc) is 2.53. The highest BCUT2D eigenvalue weighted by Crippen LogP contribution is 2.37. The quantitative estimate of drug-likeness (QED) is 0.868. The first-order valence-electron chi connectivity index (χ1n) is 5.96. The molecule has 1 heterocycles. The standard InChI is InChI=1S/C14H19NO2/c1-10-14(2,9-13(16)15-10)8-11-6-4-5-7-12(11)17-3/h4-7,10H,8-9H2,1-3H3,(H,15,16). The maximum Gasteiger partial charge on any atom is 0.220 e. The lowest BCUT2D eigenvalue weighted by Gasteiger charge is -2.28. The highest BCUT2D eigenvalue weighted by molar-refractivity contribution is 5.79. The predicted octanol–water partition coefficient (Wildman–Crippen LogP) is 2.15. The van der Waals surface area contributed by atoms with Crippen LogP contribution in [0.5, 0.6) is 5.75 Å². The van der Waals surface area contributed by atoms with E-state index in [9.17, 15) is 4.79 Å². The van der Waals surface area contributed by atoms with Crippen LogP contribution in [0.15, 0.2) is 24.3 Å². The van der Waals surface area contributed by atoms with Gasteiger partial charge in [-0.05, 0) is 25.0 Å². The molecule has 2 atom stereocenters. The number of benzene rings is 1. The van der Waals surface area contributed by atoms with Crippen molar-refractivity contribution in [3.05, 3.63) is 29.8 Å². The Morgan fingerprint density at radius 1 is 1.47 bits per heavy atom. The molecule has 17 heavy (non-hydrogen) atoms. The van der Waals surface area contributed by atoms with Crippen molar-refractivity contribution in [1.29, 1.82) is 0 Å². The zero-order valence-electron chi connectivity index (χ0n) is 10.6. The molecule has 1 aromatic carbocycles. The van der Waals surface area contributed by atoms with Crippen LogP contribution in [0.3, 0.4) is 0 Å². The van der Waals surface area contributed by atoms with Gasteiger partial charge in [0, 0.05) is 17.9 Å². The van der Waals surface area contributed by atoms with E-state index in [1.807, 2.05) is 18.2 Å². The van der Waals surface area contributed by atoms with Crippen LogP contribution in [0.1, 0.15) is 25.8 Å². The van der Waals surface area contributed by atoms with Crippen molar-refractivity contribution in [2.45, 2.75) is 32.7 Å². The van der Waals surface area contributed by atoms with Crippen molar-refractivity contribution in [2.75, 3.05) is 7.11 Å². The summed E-state index contributed by atoms with van der Waals surface area (Å²) in [4.78, 5) is 11.5. The van der Waals surface area contributed by atoms with Gasteiger partial charge in [0.1, 0.15) is 5.75 Å². The highest BCUT2D eigenvalue weighted by atomic mass is 16.5. The molecule has 0 aromatic heterocycles. The number of rotatable bonds is 3. The second-order valence-corrected chi connectivity index (χ2v) is 5.11. The Labute approximate surface area is 102 Å². The smallest absolute Gasteiger partial charge is 0.220 e. The molecule has 1 N–H and O–H groups in total. The first-order chi connectivity index (χ1) is 8.05. The van der Waals surface area contributed by atoms with Gasteiger partial charge in [0.05, 0.1) is 7.11 Å². The molecule has 2 rings (SSSR count). The summed E-state index contributed by atoms with van der Waals surface area (Å²) in [6, 6.07) is 8.22. The van der Waals surface area contributed by atoms with E-state index in [2.05, 4.69) is 25.2 Å². The van der Waals surface area contributed by atoms with E-state index in [0.29, 0.717) is 6.42 Å². The molecule has 0 saturated carbocycles. The average molecular weight is 233 g/mol. The Kier molecular flexibility index (Phi) is 3.09. The number of carbonyl (C=O) groups is 1. The van der Waals surface area contributed by atoms with Crippen LogP contribution < -0.4 is 10.1 Å². The summed E-state index contributed by atoms with van der Waals surface area (Å²) in [7, 11) is 1.68. The monoisotopic (exact) mass is 233 g/mol. The summed E-state index contributed by atoms with van der Waals surface area (Å²) in [5, 5.41) is 2.99. The summed E-state index contributed by atoms with van der Waals surface area (Å²) in [5.41, 5.74) is 1.15. The topological polar surface area (TPSA) is 38.3 Å². The van der Waals surface area contributed by atoms with Gasteiger partial charge in [-0.2, -0.15) is 0 Å². The molecule has 0 aliphatic carbocycles. The van der Waals surface area contributed by atoms with Gasteiger partial charge in [-0.1, -0.05) is 25.1 Å². The Hall–Kier alpha value is -1.51. The first-order valence-corrected chi connectivity index (χ1v) is 5.96. The lowest BCUT2D eigenvalue weighted by molar-refractivity contribution is -0.119. The summed E-state index contributed by atoms with van der Waals surface area (Å²) in [5.74, 6) is 1.05. The van der Waals surface area contributed by atoms with E-state index in [1.165, 1.54) is 5.56 Å². The van der Waals surface area contributed by atoms with Crippen molar-refractivity contribution in [3.63, 3.8) is 0 Å². The van der Waals surface area contributed by atoms with Gasteiger partial charge < -0.3 is 10.1 Å². The molecular weight excluding hydrogens is 214 g/mol. The minimum Gasteiger partial charge on any atom is -0.496 e. The highest BCUT2D eigenvalue weighted by Gasteiger charge is 2.40. The molecular formula is C14H19NO2. The van der Waals surface area contributed by atoms with Crippen LogP contribution in [0.4, 0.5) is 0 Å². The van der Waals surface area contributed by atoms with Gasteiger partial charge in [0.2, 0.25) is 5.91 Å². The lowest BCUT2D eigenvalue weighted by Crippen LogP contribution is -2.33. The van der Waals surface area contributed by atoms with Gasteiger partial charge >= 0.3 is 0 Å². The van der Waals surface area contributed by atoms with Gasteiger partial charge in [0.25, 0.3) is 0 Å². The molecule has 3 heteroatoms. The summed E-state index contributed by atoms with van der Waals surface area (Å²) < 4.78 is 5.36. The van der Waals surface area contributed by atoms with Crippen LogP contribution in [-0.2, 0) is 11.2 Å². The fourth-order valence-electron chi connectivity index (χ4n) is 2.49. The van der Waals surface area contributed by atoms with Gasteiger partial charge in [-0.25, -0.2) is 0 Å². The molecule has 2 unspecified atom stereocenters. The van der Waals surface area contributed by atoms with E-state index in [-0.39, 0.29) is 17.4 Å². The largest absolute Gasteiger partial charge is 0.496 e. The second-order valence-electron chi connectivity index (χ2n) is 5.11. The molecule has 1 amide bonds. The maximum absolute atomic E-state index is 11.5. The zero-order chi connectivity index (χ0) is 12.5. The van der Waals surface area contributed by atoms with E-state index in [4.69, 9.17) is 4.74 Å². The van der Waals surface area contributed by atoms with Gasteiger partial charge in [0.15, 0.2) is 0 Å². The predicted molar refractivity (Wildman–Crippen MR) is 67.0 cm³/mol. The van der Waals surface area contributed by atoms with Crippen LogP contribution in [0.25, 0.3) is 0 Å². The Bertz CT molecular complexity index is 430. The van der Waals surface area contributed by atoms with Crippen molar-refractivity contribution >= 4 is 5.91 Å².